The maximum Gasteiger partial charge on any atom is 0.361 e. The summed E-state index contributed by atoms with van der Waals surface area (Å²) in [4.78, 5) is 18.7. The molecule has 0 spiro atoms. The molecule has 0 aliphatic heterocycles. The average Bonchev–Trinajstić information content (AvgIpc) is 2.93. The normalized spacial score (nSPS) is 10.6. The van der Waals surface area contributed by atoms with Crippen LogP contribution in [0.2, 0.25) is 0 Å². The molecule has 0 aliphatic rings. The Kier molecular flexibility index (Phi) is 4.54. The summed E-state index contributed by atoms with van der Waals surface area (Å²) in [6, 6.07) is 3.17. The number of hydrogen-bond acceptors (Lipinski definition) is 3. The first-order valence-electron chi connectivity index (χ1n) is 6.29. The predicted octanol–water partition coefficient (Wildman–Crippen LogP) is 3.66. The Morgan fingerprint density at radius 1 is 1.40 bits per heavy atom. The third-order valence-electron chi connectivity index (χ3n) is 2.89. The smallest absolute Gasteiger partial charge is 0.361 e. The number of aromatic amines is 1. The number of halogens is 2. The van der Waals surface area contributed by atoms with Crippen LogP contribution in [-0.4, -0.2) is 15.9 Å². The minimum Gasteiger partial charge on any atom is -0.419 e. The number of ether oxygens (including phenoxy) is 1. The Morgan fingerprint density at radius 2 is 2.15 bits per heavy atom. The van der Waals surface area contributed by atoms with Gasteiger partial charge in [0.05, 0.1) is 10.7 Å². The number of imidazole rings is 1. The SMILES string of the molecule is CCc1ncc(C(=O)Oc2ccc(CC)c(Br)c2F)[nH]1. The summed E-state index contributed by atoms with van der Waals surface area (Å²) < 4.78 is 19.4. The summed E-state index contributed by atoms with van der Waals surface area (Å²) >= 11 is 3.17. The van der Waals surface area contributed by atoms with Crippen LogP contribution in [0.4, 0.5) is 4.39 Å². The first-order chi connectivity index (χ1) is 9.56. The lowest BCUT2D eigenvalue weighted by atomic mass is 10.1. The fourth-order valence-electron chi connectivity index (χ4n) is 1.72. The third-order valence-corrected chi connectivity index (χ3v) is 3.75. The van der Waals surface area contributed by atoms with Crippen LogP contribution in [0, 0.1) is 5.82 Å². The van der Waals surface area contributed by atoms with Crippen molar-refractivity contribution in [2.75, 3.05) is 0 Å². The summed E-state index contributed by atoms with van der Waals surface area (Å²) in [5.74, 6) is -0.660. The van der Waals surface area contributed by atoms with Crippen molar-refractivity contribution in [2.45, 2.75) is 26.7 Å². The second-order valence-corrected chi connectivity index (χ2v) is 4.98. The fraction of sp³-hybridized carbons (Fsp3) is 0.286. The van der Waals surface area contributed by atoms with E-state index in [1.54, 1.807) is 6.07 Å². The topological polar surface area (TPSA) is 55.0 Å². The minimum atomic E-state index is -0.660. The summed E-state index contributed by atoms with van der Waals surface area (Å²) in [6.45, 7) is 3.83. The van der Waals surface area contributed by atoms with Gasteiger partial charge < -0.3 is 9.72 Å². The molecule has 6 heteroatoms. The molecule has 0 saturated carbocycles. The monoisotopic (exact) mass is 340 g/mol. The highest BCUT2D eigenvalue weighted by atomic mass is 79.9. The van der Waals surface area contributed by atoms with Gasteiger partial charge in [-0.25, -0.2) is 14.2 Å². The van der Waals surface area contributed by atoms with Crippen molar-refractivity contribution in [2.24, 2.45) is 0 Å². The van der Waals surface area contributed by atoms with Crippen LogP contribution in [0.15, 0.2) is 22.8 Å². The first-order valence-corrected chi connectivity index (χ1v) is 7.09. The van der Waals surface area contributed by atoms with E-state index in [1.165, 1.54) is 12.3 Å². The predicted molar refractivity (Wildman–Crippen MR) is 76.4 cm³/mol. The first kappa shape index (κ1) is 14.7. The van der Waals surface area contributed by atoms with Crippen molar-refractivity contribution in [3.8, 4) is 5.75 Å². The quantitative estimate of drug-likeness (QED) is 0.682. The van der Waals surface area contributed by atoms with E-state index in [4.69, 9.17) is 4.74 Å². The number of benzene rings is 1. The highest BCUT2D eigenvalue weighted by Gasteiger charge is 2.17. The lowest BCUT2D eigenvalue weighted by molar-refractivity contribution is 0.0722. The molecule has 0 aliphatic carbocycles. The van der Waals surface area contributed by atoms with Crippen LogP contribution >= 0.6 is 15.9 Å². The number of nitrogens with zero attached hydrogens (tertiary/aromatic N) is 1. The van der Waals surface area contributed by atoms with Crippen molar-refractivity contribution in [1.29, 1.82) is 0 Å². The van der Waals surface area contributed by atoms with E-state index in [0.29, 0.717) is 23.1 Å². The zero-order valence-corrected chi connectivity index (χ0v) is 12.8. The lowest BCUT2D eigenvalue weighted by Gasteiger charge is -2.08. The number of carbonyl (C=O) groups excluding carboxylic acids is 1. The summed E-state index contributed by atoms with van der Waals surface area (Å²) in [6.07, 6.45) is 2.75. The molecule has 20 heavy (non-hydrogen) atoms. The van der Waals surface area contributed by atoms with Gasteiger partial charge in [-0.05, 0) is 34.0 Å². The van der Waals surface area contributed by atoms with Gasteiger partial charge in [-0.15, -0.1) is 0 Å². The van der Waals surface area contributed by atoms with Crippen LogP contribution in [0.5, 0.6) is 5.75 Å². The molecule has 0 atom stereocenters. The molecule has 106 valence electrons. The molecule has 0 unspecified atom stereocenters. The minimum absolute atomic E-state index is 0.105. The molecule has 0 saturated heterocycles. The molecule has 0 fully saturated rings. The van der Waals surface area contributed by atoms with E-state index < -0.39 is 11.8 Å². The number of nitrogens with one attached hydrogen (secondary N) is 1. The van der Waals surface area contributed by atoms with Gasteiger partial charge in [-0.2, -0.15) is 0 Å². The molecule has 0 bridgehead atoms. The summed E-state index contributed by atoms with van der Waals surface area (Å²) in [5, 5.41) is 0. The van der Waals surface area contributed by atoms with Gasteiger partial charge in [0.1, 0.15) is 11.5 Å². The second kappa shape index (κ2) is 6.17. The Morgan fingerprint density at radius 3 is 2.75 bits per heavy atom. The number of esters is 1. The fourth-order valence-corrected chi connectivity index (χ4v) is 2.33. The summed E-state index contributed by atoms with van der Waals surface area (Å²) in [7, 11) is 0. The number of hydrogen-bond donors (Lipinski definition) is 1. The van der Waals surface area contributed by atoms with Gasteiger partial charge in [-0.1, -0.05) is 19.9 Å². The molecular formula is C14H14BrFN2O2. The van der Waals surface area contributed by atoms with E-state index in [9.17, 15) is 9.18 Å². The molecule has 1 N–H and O–H groups in total. The van der Waals surface area contributed by atoms with Crippen molar-refractivity contribution >= 4 is 21.9 Å². The molecule has 1 aromatic heterocycles. The highest BCUT2D eigenvalue weighted by Crippen LogP contribution is 2.29. The van der Waals surface area contributed by atoms with Crippen molar-refractivity contribution in [3.63, 3.8) is 0 Å². The average molecular weight is 341 g/mol. The largest absolute Gasteiger partial charge is 0.419 e. The van der Waals surface area contributed by atoms with Crippen LogP contribution in [0.25, 0.3) is 0 Å². The van der Waals surface area contributed by atoms with E-state index in [-0.39, 0.29) is 11.4 Å². The third kappa shape index (κ3) is 2.90. The number of aryl methyl sites for hydroxylation is 2. The molecule has 1 aromatic carbocycles. The second-order valence-electron chi connectivity index (χ2n) is 4.19. The van der Waals surface area contributed by atoms with Gasteiger partial charge in [-0.3, -0.25) is 0 Å². The maximum atomic E-state index is 14.0. The number of aromatic nitrogens is 2. The molecule has 0 amide bonds. The van der Waals surface area contributed by atoms with Gasteiger partial charge in [0, 0.05) is 6.42 Å². The lowest BCUT2D eigenvalue weighted by Crippen LogP contribution is -2.10. The number of H-pyrrole nitrogens is 1. The maximum absolute atomic E-state index is 14.0. The zero-order chi connectivity index (χ0) is 14.7. The standard InChI is InChI=1S/C14H14BrFN2O2/c1-3-8-5-6-10(13(16)12(8)15)20-14(19)9-7-17-11(4-2)18-9/h5-7H,3-4H2,1-2H3,(H,17,18). The Bertz CT molecular complexity index is 640. The molecular weight excluding hydrogens is 327 g/mol. The Labute approximate surface area is 124 Å². The van der Waals surface area contributed by atoms with Crippen LogP contribution in [0.3, 0.4) is 0 Å². The van der Waals surface area contributed by atoms with E-state index in [2.05, 4.69) is 25.9 Å². The highest BCUT2D eigenvalue weighted by molar-refractivity contribution is 9.10. The van der Waals surface area contributed by atoms with Gasteiger partial charge in [0.25, 0.3) is 0 Å². The van der Waals surface area contributed by atoms with E-state index in [1.807, 2.05) is 13.8 Å². The van der Waals surface area contributed by atoms with E-state index in [0.717, 1.165) is 5.56 Å². The van der Waals surface area contributed by atoms with Crippen molar-refractivity contribution < 1.29 is 13.9 Å². The van der Waals surface area contributed by atoms with Crippen LogP contribution in [-0.2, 0) is 12.8 Å². The van der Waals surface area contributed by atoms with Crippen LogP contribution < -0.4 is 4.74 Å². The van der Waals surface area contributed by atoms with Crippen LogP contribution in [0.1, 0.15) is 35.7 Å². The van der Waals surface area contributed by atoms with Crippen molar-refractivity contribution in [3.05, 3.63) is 45.7 Å². The van der Waals surface area contributed by atoms with Gasteiger partial charge in [0.15, 0.2) is 11.6 Å². The number of carbonyl (C=O) groups is 1. The van der Waals surface area contributed by atoms with Gasteiger partial charge in [0.2, 0.25) is 0 Å². The summed E-state index contributed by atoms with van der Waals surface area (Å²) in [5.41, 5.74) is 1.02. The molecule has 2 rings (SSSR count). The molecule has 0 radical (unpaired) electrons. The molecule has 1 heterocycles. The zero-order valence-electron chi connectivity index (χ0n) is 11.2. The van der Waals surface area contributed by atoms with Crippen molar-refractivity contribution in [1.82, 2.24) is 9.97 Å². The number of rotatable bonds is 4. The molecule has 2 aromatic rings. The van der Waals surface area contributed by atoms with E-state index >= 15 is 0 Å². The Hall–Kier alpha value is -1.69. The molecule has 4 nitrogen and oxygen atoms in total. The van der Waals surface area contributed by atoms with Gasteiger partial charge >= 0.3 is 5.97 Å². The Balaban J connectivity index is 2.21.